The highest BCUT2D eigenvalue weighted by Gasteiger charge is 2.16. The smallest absolute Gasteiger partial charge is 0.255 e. The predicted molar refractivity (Wildman–Crippen MR) is 71.3 cm³/mol. The molecule has 6 nitrogen and oxygen atoms in total. The lowest BCUT2D eigenvalue weighted by atomic mass is 10.3. The molecule has 0 bridgehead atoms. The summed E-state index contributed by atoms with van der Waals surface area (Å²) in [6.45, 7) is 2.41. The van der Waals surface area contributed by atoms with E-state index in [2.05, 4.69) is 14.7 Å². The Bertz CT molecular complexity index is 581. The van der Waals surface area contributed by atoms with E-state index in [4.69, 9.17) is 11.5 Å². The fourth-order valence-electron chi connectivity index (χ4n) is 1.53. The van der Waals surface area contributed by atoms with Crippen molar-refractivity contribution in [3.05, 3.63) is 35.2 Å². The molecule has 18 heavy (non-hydrogen) atoms. The lowest BCUT2D eigenvalue weighted by Crippen LogP contribution is -2.14. The van der Waals surface area contributed by atoms with Gasteiger partial charge in [-0.1, -0.05) is 6.07 Å². The number of nitrogens with zero attached hydrogens (tertiary/aromatic N) is 2. The normalized spacial score (nSPS) is 10.3. The molecule has 0 saturated carbocycles. The number of pyridine rings is 1. The van der Waals surface area contributed by atoms with Crippen molar-refractivity contribution in [1.82, 2.24) is 9.36 Å². The van der Waals surface area contributed by atoms with Crippen LogP contribution in [0.25, 0.3) is 0 Å². The van der Waals surface area contributed by atoms with Gasteiger partial charge in [0.05, 0.1) is 12.2 Å². The topological polar surface area (TPSA) is 107 Å². The fourth-order valence-corrected chi connectivity index (χ4v) is 2.24. The number of primary amides is 1. The van der Waals surface area contributed by atoms with E-state index in [1.807, 2.05) is 25.1 Å². The first-order valence-electron chi connectivity index (χ1n) is 5.29. The Hall–Kier alpha value is -2.15. The molecule has 2 aromatic rings. The number of aryl methyl sites for hydroxylation is 1. The van der Waals surface area contributed by atoms with E-state index in [9.17, 15) is 4.79 Å². The highest BCUT2D eigenvalue weighted by molar-refractivity contribution is 7.11. The molecule has 7 heteroatoms. The number of nitrogen functional groups attached to an aromatic ring is 1. The van der Waals surface area contributed by atoms with Crippen molar-refractivity contribution in [1.29, 1.82) is 0 Å². The monoisotopic (exact) mass is 263 g/mol. The van der Waals surface area contributed by atoms with Crippen molar-refractivity contribution in [3.63, 3.8) is 0 Å². The number of hydrogen-bond donors (Lipinski definition) is 3. The molecule has 0 radical (unpaired) electrons. The van der Waals surface area contributed by atoms with Gasteiger partial charge in [-0.3, -0.25) is 9.78 Å². The van der Waals surface area contributed by atoms with Gasteiger partial charge in [-0.25, -0.2) is 0 Å². The Balaban J connectivity index is 2.13. The van der Waals surface area contributed by atoms with E-state index in [0.29, 0.717) is 11.5 Å². The fraction of sp³-hybridized carbons (Fsp3) is 0.182. The molecule has 1 amide bonds. The molecule has 2 heterocycles. The van der Waals surface area contributed by atoms with Crippen LogP contribution in [0.2, 0.25) is 0 Å². The van der Waals surface area contributed by atoms with Gasteiger partial charge in [-0.2, -0.15) is 4.37 Å². The first-order valence-corrected chi connectivity index (χ1v) is 6.06. The van der Waals surface area contributed by atoms with Crippen molar-refractivity contribution in [2.24, 2.45) is 5.73 Å². The lowest BCUT2D eigenvalue weighted by Gasteiger charge is -2.05. The van der Waals surface area contributed by atoms with Gasteiger partial charge >= 0.3 is 0 Å². The number of rotatable bonds is 4. The van der Waals surface area contributed by atoms with E-state index in [1.165, 1.54) is 0 Å². The van der Waals surface area contributed by atoms with Crippen LogP contribution in [-0.4, -0.2) is 15.3 Å². The van der Waals surface area contributed by atoms with Crippen LogP contribution in [0.4, 0.5) is 10.8 Å². The van der Waals surface area contributed by atoms with Crippen LogP contribution in [0.3, 0.4) is 0 Å². The van der Waals surface area contributed by atoms with Crippen LogP contribution >= 0.6 is 11.5 Å². The average Bonchev–Trinajstić information content (AvgIpc) is 2.68. The van der Waals surface area contributed by atoms with Gasteiger partial charge in [0, 0.05) is 5.69 Å². The number of nitrogens with one attached hydrogen (secondary N) is 1. The minimum atomic E-state index is -0.582. The minimum absolute atomic E-state index is 0.159. The third kappa shape index (κ3) is 2.57. The molecule has 0 aliphatic rings. The van der Waals surface area contributed by atoms with Gasteiger partial charge in [0.2, 0.25) is 0 Å². The number of anilines is 2. The van der Waals surface area contributed by atoms with E-state index >= 15 is 0 Å². The second-order valence-electron chi connectivity index (χ2n) is 3.76. The zero-order valence-electron chi connectivity index (χ0n) is 9.80. The second-order valence-corrected chi connectivity index (χ2v) is 4.53. The third-order valence-electron chi connectivity index (χ3n) is 2.34. The molecule has 0 aliphatic heterocycles. The molecular formula is C11H13N5OS. The van der Waals surface area contributed by atoms with Crippen molar-refractivity contribution in [3.8, 4) is 0 Å². The van der Waals surface area contributed by atoms with E-state index in [1.54, 1.807) is 0 Å². The largest absolute Gasteiger partial charge is 0.382 e. The maximum absolute atomic E-state index is 11.2. The number of hydrogen-bond acceptors (Lipinski definition) is 6. The van der Waals surface area contributed by atoms with Crippen LogP contribution in [-0.2, 0) is 6.54 Å². The Morgan fingerprint density at radius 2 is 2.28 bits per heavy atom. The van der Waals surface area contributed by atoms with E-state index in [-0.39, 0.29) is 11.4 Å². The summed E-state index contributed by atoms with van der Waals surface area (Å²) in [7, 11) is 0. The van der Waals surface area contributed by atoms with Crippen LogP contribution in [0.1, 0.15) is 21.7 Å². The van der Waals surface area contributed by atoms with Gasteiger partial charge in [0.1, 0.15) is 10.6 Å². The van der Waals surface area contributed by atoms with Gasteiger partial charge in [-0.05, 0) is 30.6 Å². The summed E-state index contributed by atoms with van der Waals surface area (Å²) in [5, 5.41) is 3.64. The molecule has 0 atom stereocenters. The first-order chi connectivity index (χ1) is 8.58. The standard InChI is InChI=1S/C11H13N5OS/c1-6-3-2-4-7(15-6)5-14-11-8(10(13)17)9(12)16-18-11/h2-4,14H,5H2,1H3,(H2,12,16)(H2,13,17). The van der Waals surface area contributed by atoms with Crippen molar-refractivity contribution in [2.45, 2.75) is 13.5 Å². The van der Waals surface area contributed by atoms with E-state index in [0.717, 1.165) is 22.9 Å². The Morgan fingerprint density at radius 1 is 1.50 bits per heavy atom. The van der Waals surface area contributed by atoms with Gasteiger partial charge in [-0.15, -0.1) is 0 Å². The molecule has 0 aromatic carbocycles. The summed E-state index contributed by atoms with van der Waals surface area (Å²) in [6, 6.07) is 5.74. The molecule has 2 rings (SSSR count). The zero-order chi connectivity index (χ0) is 13.1. The van der Waals surface area contributed by atoms with Crippen LogP contribution in [0.5, 0.6) is 0 Å². The Morgan fingerprint density at radius 3 is 2.94 bits per heavy atom. The maximum Gasteiger partial charge on any atom is 0.255 e. The zero-order valence-corrected chi connectivity index (χ0v) is 10.6. The van der Waals surface area contributed by atoms with Gasteiger partial charge in [0.15, 0.2) is 5.82 Å². The van der Waals surface area contributed by atoms with Crippen molar-refractivity contribution < 1.29 is 4.79 Å². The quantitative estimate of drug-likeness (QED) is 0.766. The van der Waals surface area contributed by atoms with Crippen LogP contribution in [0, 0.1) is 6.92 Å². The van der Waals surface area contributed by atoms with Crippen LogP contribution in [0.15, 0.2) is 18.2 Å². The first kappa shape index (κ1) is 12.3. The molecular weight excluding hydrogens is 250 g/mol. The molecule has 0 fully saturated rings. The summed E-state index contributed by atoms with van der Waals surface area (Å²) in [5.74, 6) is -0.423. The Kier molecular flexibility index (Phi) is 3.42. The average molecular weight is 263 g/mol. The number of nitrogens with two attached hydrogens (primary N) is 2. The van der Waals surface area contributed by atoms with Gasteiger partial charge in [0.25, 0.3) is 5.91 Å². The summed E-state index contributed by atoms with van der Waals surface area (Å²) in [5.41, 5.74) is 12.9. The third-order valence-corrected chi connectivity index (χ3v) is 3.16. The maximum atomic E-state index is 11.2. The SMILES string of the molecule is Cc1cccc(CNc2snc(N)c2C(N)=O)n1. The Labute approximate surface area is 108 Å². The number of carbonyl (C=O) groups excluding carboxylic acids is 1. The minimum Gasteiger partial charge on any atom is -0.382 e. The summed E-state index contributed by atoms with van der Waals surface area (Å²) in [6.07, 6.45) is 0. The highest BCUT2D eigenvalue weighted by atomic mass is 32.1. The molecule has 94 valence electrons. The van der Waals surface area contributed by atoms with Crippen LogP contribution < -0.4 is 16.8 Å². The number of carbonyl (C=O) groups is 1. The van der Waals surface area contributed by atoms with Gasteiger partial charge < -0.3 is 16.8 Å². The van der Waals surface area contributed by atoms with Crippen molar-refractivity contribution in [2.75, 3.05) is 11.1 Å². The molecule has 0 unspecified atom stereocenters. The summed E-state index contributed by atoms with van der Waals surface area (Å²) >= 11 is 1.11. The molecule has 2 aromatic heterocycles. The predicted octanol–water partition coefficient (Wildman–Crippen LogP) is 1.14. The molecule has 5 N–H and O–H groups in total. The van der Waals surface area contributed by atoms with Crippen molar-refractivity contribution >= 4 is 28.3 Å². The molecule has 0 saturated heterocycles. The molecule has 0 spiro atoms. The second kappa shape index (κ2) is 5.01. The molecule has 0 aliphatic carbocycles. The summed E-state index contributed by atoms with van der Waals surface area (Å²) in [4.78, 5) is 15.6. The number of amides is 1. The highest BCUT2D eigenvalue weighted by Crippen LogP contribution is 2.26. The number of aromatic nitrogens is 2. The van der Waals surface area contributed by atoms with E-state index < -0.39 is 5.91 Å². The lowest BCUT2D eigenvalue weighted by molar-refractivity contribution is 0.100. The summed E-state index contributed by atoms with van der Waals surface area (Å²) < 4.78 is 3.90.